The summed E-state index contributed by atoms with van der Waals surface area (Å²) in [5, 5.41) is 0. The van der Waals surface area contributed by atoms with Crippen LogP contribution in [0.15, 0.2) is 10.7 Å². The first-order valence-corrected chi connectivity index (χ1v) is 5.39. The van der Waals surface area contributed by atoms with Gasteiger partial charge < -0.3 is 4.74 Å². The van der Waals surface area contributed by atoms with E-state index in [0.717, 1.165) is 0 Å². The number of alkyl halides is 2. The minimum Gasteiger partial charge on any atom is -0.462 e. The van der Waals surface area contributed by atoms with Gasteiger partial charge in [0.05, 0.1) is 6.61 Å². The monoisotopic (exact) mass is 293 g/mol. The highest BCUT2D eigenvalue weighted by atomic mass is 79.9. The van der Waals surface area contributed by atoms with E-state index in [1.54, 1.807) is 13.8 Å². The standard InChI is InChI=1S/C10H10BrF2NO2/c1-3-16-10(15)7-6(9(12)13)4-5(2)14-8(7)11/h4,9H,3H2,1-2H3. The van der Waals surface area contributed by atoms with Crippen molar-refractivity contribution in [3.05, 3.63) is 27.5 Å². The van der Waals surface area contributed by atoms with Crippen LogP contribution in [-0.4, -0.2) is 17.6 Å². The Bertz CT molecular complexity index is 410. The molecule has 1 aromatic rings. The first-order valence-electron chi connectivity index (χ1n) is 4.59. The van der Waals surface area contributed by atoms with Crippen LogP contribution < -0.4 is 0 Å². The molecule has 0 atom stereocenters. The van der Waals surface area contributed by atoms with Crippen molar-refractivity contribution in [1.82, 2.24) is 4.98 Å². The number of pyridine rings is 1. The molecule has 0 N–H and O–H groups in total. The molecule has 1 aromatic heterocycles. The number of carbonyl (C=O) groups is 1. The lowest BCUT2D eigenvalue weighted by atomic mass is 10.1. The topological polar surface area (TPSA) is 39.2 Å². The van der Waals surface area contributed by atoms with Gasteiger partial charge in [-0.3, -0.25) is 0 Å². The van der Waals surface area contributed by atoms with Crippen LogP contribution in [0.5, 0.6) is 0 Å². The van der Waals surface area contributed by atoms with Gasteiger partial charge in [-0.25, -0.2) is 18.6 Å². The number of nitrogens with zero attached hydrogens (tertiary/aromatic N) is 1. The molecule has 0 radical (unpaired) electrons. The van der Waals surface area contributed by atoms with Crippen LogP contribution in [0.4, 0.5) is 8.78 Å². The molecule has 3 nitrogen and oxygen atoms in total. The summed E-state index contributed by atoms with van der Waals surface area (Å²) in [5.74, 6) is -0.794. The predicted molar refractivity (Wildman–Crippen MR) is 57.6 cm³/mol. The zero-order valence-electron chi connectivity index (χ0n) is 8.76. The maximum absolute atomic E-state index is 12.7. The number of carbonyl (C=O) groups excluding carboxylic acids is 1. The SMILES string of the molecule is CCOC(=O)c1c(C(F)F)cc(C)nc1Br. The summed E-state index contributed by atoms with van der Waals surface area (Å²) in [4.78, 5) is 15.4. The molecule has 0 aliphatic rings. The highest BCUT2D eigenvalue weighted by Gasteiger charge is 2.23. The molecular formula is C10H10BrF2NO2. The molecule has 0 aliphatic heterocycles. The summed E-state index contributed by atoms with van der Waals surface area (Å²) in [6.45, 7) is 3.31. The molecule has 0 bridgehead atoms. The second-order valence-electron chi connectivity index (χ2n) is 3.04. The molecule has 88 valence electrons. The Morgan fingerprint density at radius 3 is 2.75 bits per heavy atom. The van der Waals surface area contributed by atoms with Crippen LogP contribution in [0, 0.1) is 6.92 Å². The van der Waals surface area contributed by atoms with Crippen molar-refractivity contribution in [2.45, 2.75) is 20.3 Å². The number of halogens is 3. The van der Waals surface area contributed by atoms with Gasteiger partial charge in [0.25, 0.3) is 6.43 Å². The van der Waals surface area contributed by atoms with E-state index in [4.69, 9.17) is 4.74 Å². The van der Waals surface area contributed by atoms with Crippen LogP contribution in [0.3, 0.4) is 0 Å². The van der Waals surface area contributed by atoms with Crippen molar-refractivity contribution < 1.29 is 18.3 Å². The van der Waals surface area contributed by atoms with Gasteiger partial charge >= 0.3 is 5.97 Å². The first kappa shape index (κ1) is 13.0. The van der Waals surface area contributed by atoms with E-state index < -0.39 is 12.4 Å². The van der Waals surface area contributed by atoms with Crippen LogP contribution in [0.25, 0.3) is 0 Å². The van der Waals surface area contributed by atoms with Gasteiger partial charge in [-0.15, -0.1) is 0 Å². The molecule has 0 aliphatic carbocycles. The van der Waals surface area contributed by atoms with Crippen molar-refractivity contribution in [3.8, 4) is 0 Å². The van der Waals surface area contributed by atoms with Crippen molar-refractivity contribution in [3.63, 3.8) is 0 Å². The quantitative estimate of drug-likeness (QED) is 0.634. The molecule has 0 fully saturated rings. The van der Waals surface area contributed by atoms with E-state index in [1.165, 1.54) is 6.07 Å². The number of aryl methyl sites for hydroxylation is 1. The average molecular weight is 294 g/mol. The van der Waals surface area contributed by atoms with Gasteiger partial charge in [0.15, 0.2) is 0 Å². The van der Waals surface area contributed by atoms with E-state index in [2.05, 4.69) is 20.9 Å². The minimum absolute atomic E-state index is 0.0845. The van der Waals surface area contributed by atoms with Crippen LogP contribution >= 0.6 is 15.9 Å². The molecule has 0 saturated carbocycles. The van der Waals surface area contributed by atoms with E-state index in [9.17, 15) is 13.6 Å². The van der Waals surface area contributed by atoms with Crippen molar-refractivity contribution in [1.29, 1.82) is 0 Å². The first-order chi connectivity index (χ1) is 7.47. The van der Waals surface area contributed by atoms with Crippen LogP contribution in [0.1, 0.15) is 35.0 Å². The average Bonchev–Trinajstić information content (AvgIpc) is 2.16. The number of rotatable bonds is 3. The maximum atomic E-state index is 12.7. The van der Waals surface area contributed by atoms with E-state index in [-0.39, 0.29) is 22.3 Å². The summed E-state index contributed by atoms with van der Waals surface area (Å²) in [6, 6.07) is 1.18. The maximum Gasteiger partial charge on any atom is 0.341 e. The smallest absolute Gasteiger partial charge is 0.341 e. The second kappa shape index (κ2) is 5.34. The van der Waals surface area contributed by atoms with E-state index >= 15 is 0 Å². The number of ether oxygens (including phenoxy) is 1. The van der Waals surface area contributed by atoms with E-state index in [0.29, 0.717) is 5.69 Å². The summed E-state index contributed by atoms with van der Waals surface area (Å²) < 4.78 is 30.2. The number of hydrogen-bond acceptors (Lipinski definition) is 3. The fraction of sp³-hybridized carbons (Fsp3) is 0.400. The van der Waals surface area contributed by atoms with Crippen LogP contribution in [-0.2, 0) is 4.74 Å². The predicted octanol–water partition coefficient (Wildman–Crippen LogP) is 3.27. The Kier molecular flexibility index (Phi) is 4.35. The highest BCUT2D eigenvalue weighted by Crippen LogP contribution is 2.28. The third kappa shape index (κ3) is 2.75. The molecule has 0 saturated heterocycles. The van der Waals surface area contributed by atoms with Gasteiger partial charge in [-0.1, -0.05) is 0 Å². The molecule has 6 heteroatoms. The van der Waals surface area contributed by atoms with Gasteiger partial charge in [0.2, 0.25) is 0 Å². The Morgan fingerprint density at radius 2 is 2.25 bits per heavy atom. The summed E-state index contributed by atoms with van der Waals surface area (Å²) >= 11 is 2.99. The highest BCUT2D eigenvalue weighted by molar-refractivity contribution is 9.10. The lowest BCUT2D eigenvalue weighted by Gasteiger charge is -2.10. The Morgan fingerprint density at radius 1 is 1.62 bits per heavy atom. The summed E-state index contributed by atoms with van der Waals surface area (Å²) in [5.41, 5.74) is -0.157. The second-order valence-corrected chi connectivity index (χ2v) is 3.79. The lowest BCUT2D eigenvalue weighted by Crippen LogP contribution is -2.11. The van der Waals surface area contributed by atoms with Crippen molar-refractivity contribution >= 4 is 21.9 Å². The number of hydrogen-bond donors (Lipinski definition) is 0. The third-order valence-electron chi connectivity index (χ3n) is 1.85. The molecule has 0 unspecified atom stereocenters. The molecule has 1 heterocycles. The zero-order chi connectivity index (χ0) is 12.3. The van der Waals surface area contributed by atoms with Crippen LogP contribution in [0.2, 0.25) is 0 Å². The molecular weight excluding hydrogens is 284 g/mol. The summed E-state index contributed by atoms with van der Waals surface area (Å²) in [7, 11) is 0. The van der Waals surface area contributed by atoms with Gasteiger partial charge in [0, 0.05) is 11.3 Å². The zero-order valence-corrected chi connectivity index (χ0v) is 10.3. The molecule has 0 amide bonds. The number of aromatic nitrogens is 1. The Hall–Kier alpha value is -1.04. The molecule has 16 heavy (non-hydrogen) atoms. The number of esters is 1. The molecule has 1 rings (SSSR count). The summed E-state index contributed by atoms with van der Waals surface area (Å²) in [6.07, 6.45) is -2.74. The van der Waals surface area contributed by atoms with Crippen molar-refractivity contribution in [2.75, 3.05) is 6.61 Å². The third-order valence-corrected chi connectivity index (χ3v) is 2.42. The van der Waals surface area contributed by atoms with Crippen molar-refractivity contribution in [2.24, 2.45) is 0 Å². The Labute approximate surface area is 99.9 Å². The fourth-order valence-corrected chi connectivity index (χ4v) is 1.91. The lowest BCUT2D eigenvalue weighted by molar-refractivity contribution is 0.0513. The van der Waals surface area contributed by atoms with Gasteiger partial charge in [0.1, 0.15) is 10.2 Å². The van der Waals surface area contributed by atoms with Gasteiger partial charge in [-0.05, 0) is 35.8 Å². The molecule has 0 spiro atoms. The normalized spacial score (nSPS) is 10.6. The fourth-order valence-electron chi connectivity index (χ4n) is 1.24. The Balaban J connectivity index is 3.29. The van der Waals surface area contributed by atoms with E-state index in [1.807, 2.05) is 0 Å². The minimum atomic E-state index is -2.74. The van der Waals surface area contributed by atoms with Gasteiger partial charge in [-0.2, -0.15) is 0 Å². The molecule has 0 aromatic carbocycles. The largest absolute Gasteiger partial charge is 0.462 e.